The Bertz CT molecular complexity index is 111. The van der Waals surface area contributed by atoms with Gasteiger partial charge in [0, 0.05) is 38.4 Å². The van der Waals surface area contributed by atoms with Crippen molar-refractivity contribution >= 4 is 0 Å². The minimum Gasteiger partial charge on any atom is -0.394 e. The van der Waals surface area contributed by atoms with Gasteiger partial charge in [0.2, 0.25) is 0 Å². The molecule has 0 unspecified atom stereocenters. The molecule has 0 aromatic rings. The van der Waals surface area contributed by atoms with E-state index < -0.39 is 11.2 Å². The van der Waals surface area contributed by atoms with E-state index >= 15 is 0 Å². The smallest absolute Gasteiger partial charge is 0.0563 e. The van der Waals surface area contributed by atoms with Crippen molar-refractivity contribution < 1.29 is 46.6 Å². The maximum absolute atomic E-state index is 8.52. The van der Waals surface area contributed by atoms with E-state index in [1.54, 1.807) is 69.2 Å². The van der Waals surface area contributed by atoms with Gasteiger partial charge in [-0.2, -0.15) is 0 Å². The molecule has 0 amide bonds. The van der Waals surface area contributed by atoms with Crippen LogP contribution in [-0.4, -0.2) is 43.8 Å². The molecule has 0 aliphatic heterocycles. The molecule has 0 fully saturated rings. The Morgan fingerprint density at radius 1 is 0.579 bits per heavy atom. The van der Waals surface area contributed by atoms with E-state index in [0.29, 0.717) is 0 Å². The second kappa shape index (κ2) is 16.8. The Labute approximate surface area is 139 Å². The molecule has 0 saturated carbocycles. The van der Waals surface area contributed by atoms with Gasteiger partial charge in [-0.1, -0.05) is 0 Å². The fraction of sp³-hybridized carbons (Fsp3) is 1.00. The molecule has 0 spiro atoms. The molecular formula is C14H36O4Zr. The van der Waals surface area contributed by atoms with E-state index in [4.69, 9.17) is 20.4 Å². The molecule has 0 saturated heterocycles. The largest absolute Gasteiger partial charge is 0.394 e. The van der Waals surface area contributed by atoms with Crippen LogP contribution in [-0.2, 0) is 26.2 Å². The summed E-state index contributed by atoms with van der Waals surface area (Å²) in [4.78, 5) is 0. The molecule has 4 nitrogen and oxygen atoms in total. The van der Waals surface area contributed by atoms with Crippen LogP contribution >= 0.6 is 0 Å². The first-order valence-electron chi connectivity index (χ1n) is 6.27. The van der Waals surface area contributed by atoms with Crippen LogP contribution in [0.3, 0.4) is 0 Å². The Morgan fingerprint density at radius 2 is 0.579 bits per heavy atom. The van der Waals surface area contributed by atoms with Gasteiger partial charge in [-0.25, -0.2) is 0 Å². The molecule has 5 heteroatoms. The van der Waals surface area contributed by atoms with E-state index in [1.165, 1.54) is 0 Å². The van der Waals surface area contributed by atoms with Gasteiger partial charge < -0.3 is 20.4 Å². The molecule has 0 radical (unpaired) electrons. The second-order valence-electron chi connectivity index (χ2n) is 6.53. The monoisotopic (exact) mass is 358 g/mol. The van der Waals surface area contributed by atoms with E-state index in [-0.39, 0.29) is 38.4 Å². The van der Waals surface area contributed by atoms with Crippen molar-refractivity contribution in [2.24, 2.45) is 0 Å². The van der Waals surface area contributed by atoms with Gasteiger partial charge in [-0.3, -0.25) is 0 Å². The summed E-state index contributed by atoms with van der Waals surface area (Å²) < 4.78 is 0. The minimum absolute atomic E-state index is 0. The van der Waals surface area contributed by atoms with Crippen molar-refractivity contribution in [1.29, 1.82) is 0 Å². The molecule has 0 aliphatic carbocycles. The topological polar surface area (TPSA) is 80.9 Å². The Morgan fingerprint density at radius 3 is 0.579 bits per heavy atom. The summed E-state index contributed by atoms with van der Waals surface area (Å²) in [5.41, 5.74) is -1.00. The summed E-state index contributed by atoms with van der Waals surface area (Å²) in [6, 6.07) is 0. The standard InChI is InChI=1S/2C4H10O.2C3H8O.Zr/c2*1-4(2,3)5;2*1-3(2)4;/h2*5H,1-3H3;2*3-4H,1-2H3;. The third-order valence-corrected chi connectivity index (χ3v) is 0. The summed E-state index contributed by atoms with van der Waals surface area (Å²) in [7, 11) is 0. The van der Waals surface area contributed by atoms with Crippen LogP contribution in [0.4, 0.5) is 0 Å². The maximum Gasteiger partial charge on any atom is 0.0563 e. The third kappa shape index (κ3) is 10000. The Kier molecular flexibility index (Phi) is 28.2. The van der Waals surface area contributed by atoms with Crippen molar-refractivity contribution in [2.75, 3.05) is 0 Å². The number of hydrogen-bond acceptors (Lipinski definition) is 4. The summed E-state index contributed by atoms with van der Waals surface area (Å²) in [6.45, 7) is 17.3. The minimum atomic E-state index is -0.500. The van der Waals surface area contributed by atoms with Crippen LogP contribution < -0.4 is 0 Å². The number of aliphatic hydroxyl groups excluding tert-OH is 2. The van der Waals surface area contributed by atoms with Gasteiger partial charge >= 0.3 is 0 Å². The SMILES string of the molecule is CC(C)(C)O.CC(C)(C)O.CC(C)O.CC(C)O.[Zr]. The predicted molar refractivity (Wildman–Crippen MR) is 78.7 cm³/mol. The molecular weight excluding hydrogens is 323 g/mol. The van der Waals surface area contributed by atoms with Crippen LogP contribution in [0, 0.1) is 0 Å². The molecule has 0 aromatic carbocycles. The normalized spacial score (nSPS) is 10.1. The average Bonchev–Trinajstić information content (AvgIpc) is 1.70. The first kappa shape index (κ1) is 31.9. The maximum atomic E-state index is 8.52. The Balaban J connectivity index is -0.0000000453. The van der Waals surface area contributed by atoms with Gasteiger partial charge in [0.1, 0.15) is 0 Å². The average molecular weight is 360 g/mol. The van der Waals surface area contributed by atoms with E-state index in [2.05, 4.69) is 0 Å². The molecule has 4 N–H and O–H groups in total. The first-order chi connectivity index (χ1) is 7.46. The molecule has 120 valence electrons. The fourth-order valence-corrected chi connectivity index (χ4v) is 0. The zero-order valence-corrected chi connectivity index (χ0v) is 16.9. The summed E-state index contributed by atoms with van der Waals surface area (Å²) >= 11 is 0. The summed E-state index contributed by atoms with van der Waals surface area (Å²) in [5.74, 6) is 0. The van der Waals surface area contributed by atoms with Crippen LogP contribution in [0.15, 0.2) is 0 Å². The summed E-state index contributed by atoms with van der Waals surface area (Å²) in [5, 5.41) is 33.2. The van der Waals surface area contributed by atoms with Gasteiger partial charge in [0.25, 0.3) is 0 Å². The van der Waals surface area contributed by atoms with Gasteiger partial charge in [0.05, 0.1) is 11.2 Å². The van der Waals surface area contributed by atoms with Gasteiger partial charge in [-0.05, 0) is 69.2 Å². The molecule has 0 atom stereocenters. The Hall–Kier alpha value is 0.723. The van der Waals surface area contributed by atoms with Crippen molar-refractivity contribution in [3.63, 3.8) is 0 Å². The van der Waals surface area contributed by atoms with Crippen molar-refractivity contribution in [3.8, 4) is 0 Å². The van der Waals surface area contributed by atoms with E-state index in [9.17, 15) is 0 Å². The van der Waals surface area contributed by atoms with Gasteiger partial charge in [0.15, 0.2) is 0 Å². The van der Waals surface area contributed by atoms with E-state index in [0.717, 1.165) is 0 Å². The summed E-state index contributed by atoms with van der Waals surface area (Å²) in [6.07, 6.45) is -0.333. The van der Waals surface area contributed by atoms with Crippen LogP contribution in [0.25, 0.3) is 0 Å². The molecule has 0 rings (SSSR count). The van der Waals surface area contributed by atoms with Crippen LogP contribution in [0.2, 0.25) is 0 Å². The van der Waals surface area contributed by atoms with Gasteiger partial charge in [-0.15, -0.1) is 0 Å². The number of rotatable bonds is 0. The predicted octanol–water partition coefficient (Wildman–Crippen LogP) is 2.33. The van der Waals surface area contributed by atoms with Crippen molar-refractivity contribution in [1.82, 2.24) is 0 Å². The van der Waals surface area contributed by atoms with Crippen LogP contribution in [0.1, 0.15) is 69.2 Å². The van der Waals surface area contributed by atoms with Crippen molar-refractivity contribution in [3.05, 3.63) is 0 Å². The molecule has 0 heterocycles. The number of hydrogen-bond donors (Lipinski definition) is 4. The molecule has 0 aromatic heterocycles. The van der Waals surface area contributed by atoms with E-state index in [1.807, 2.05) is 0 Å². The quantitative estimate of drug-likeness (QED) is 0.535. The fourth-order valence-electron chi connectivity index (χ4n) is 0. The molecule has 19 heavy (non-hydrogen) atoms. The number of aliphatic hydroxyl groups is 4. The molecule has 0 bridgehead atoms. The van der Waals surface area contributed by atoms with Crippen LogP contribution in [0.5, 0.6) is 0 Å². The van der Waals surface area contributed by atoms with Crippen molar-refractivity contribution in [2.45, 2.75) is 92.6 Å². The first-order valence-corrected chi connectivity index (χ1v) is 6.27. The molecule has 0 aliphatic rings. The second-order valence-corrected chi connectivity index (χ2v) is 6.53. The zero-order chi connectivity index (χ0) is 16.2. The third-order valence-electron chi connectivity index (χ3n) is 0. The zero-order valence-electron chi connectivity index (χ0n) is 14.4.